The number of ether oxygens (including phenoxy) is 1. The van der Waals surface area contributed by atoms with Gasteiger partial charge in [-0.3, -0.25) is 4.79 Å². The average Bonchev–Trinajstić information content (AvgIpc) is 2.70. The Morgan fingerprint density at radius 3 is 2.44 bits per heavy atom. The van der Waals surface area contributed by atoms with E-state index in [4.69, 9.17) is 10.00 Å². The van der Waals surface area contributed by atoms with Crippen molar-refractivity contribution in [2.45, 2.75) is 6.92 Å². The molecule has 0 aliphatic rings. The van der Waals surface area contributed by atoms with Crippen molar-refractivity contribution in [3.63, 3.8) is 0 Å². The standard InChI is InChI=1S/C20H17N5O2/c1-2-27-17-9-7-15(8-10-17)23-19(26)18-11-12-22-20(25-18)24-16-5-3-14(13-21)4-6-16/h3-12H,2H2,1H3,(H,23,26)(H,22,24,25). The predicted molar refractivity (Wildman–Crippen MR) is 102 cm³/mol. The number of anilines is 3. The molecule has 134 valence electrons. The smallest absolute Gasteiger partial charge is 0.274 e. The van der Waals surface area contributed by atoms with E-state index in [0.717, 1.165) is 11.4 Å². The van der Waals surface area contributed by atoms with Crippen LogP contribution in [0.1, 0.15) is 23.0 Å². The van der Waals surface area contributed by atoms with E-state index in [2.05, 4.69) is 26.7 Å². The lowest BCUT2D eigenvalue weighted by molar-refractivity contribution is 0.102. The van der Waals surface area contributed by atoms with Crippen molar-refractivity contribution in [2.24, 2.45) is 0 Å². The number of nitriles is 1. The number of aromatic nitrogens is 2. The molecular formula is C20H17N5O2. The lowest BCUT2D eigenvalue weighted by Crippen LogP contribution is -2.14. The molecule has 0 saturated heterocycles. The first-order valence-electron chi connectivity index (χ1n) is 8.32. The number of hydrogen-bond donors (Lipinski definition) is 2. The zero-order valence-electron chi connectivity index (χ0n) is 14.6. The molecule has 2 aromatic carbocycles. The van der Waals surface area contributed by atoms with E-state index in [1.807, 2.05) is 6.92 Å². The summed E-state index contributed by atoms with van der Waals surface area (Å²) >= 11 is 0. The van der Waals surface area contributed by atoms with Gasteiger partial charge in [0.2, 0.25) is 5.95 Å². The fourth-order valence-corrected chi connectivity index (χ4v) is 2.30. The number of carbonyl (C=O) groups excluding carboxylic acids is 1. The monoisotopic (exact) mass is 359 g/mol. The first-order chi connectivity index (χ1) is 13.2. The zero-order valence-corrected chi connectivity index (χ0v) is 14.6. The summed E-state index contributed by atoms with van der Waals surface area (Å²) < 4.78 is 5.38. The van der Waals surface area contributed by atoms with Gasteiger partial charge in [0.05, 0.1) is 18.2 Å². The second-order valence-electron chi connectivity index (χ2n) is 5.49. The highest BCUT2D eigenvalue weighted by atomic mass is 16.5. The van der Waals surface area contributed by atoms with Gasteiger partial charge in [-0.25, -0.2) is 9.97 Å². The number of rotatable bonds is 6. The summed E-state index contributed by atoms with van der Waals surface area (Å²) in [6.07, 6.45) is 1.51. The van der Waals surface area contributed by atoms with E-state index in [9.17, 15) is 4.79 Å². The highest BCUT2D eigenvalue weighted by Crippen LogP contribution is 2.17. The largest absolute Gasteiger partial charge is 0.494 e. The molecule has 3 rings (SSSR count). The topological polar surface area (TPSA) is 99.9 Å². The molecule has 0 radical (unpaired) electrons. The van der Waals surface area contributed by atoms with Gasteiger partial charge in [-0.05, 0) is 61.5 Å². The number of amides is 1. The van der Waals surface area contributed by atoms with Gasteiger partial charge in [-0.15, -0.1) is 0 Å². The molecule has 1 heterocycles. The minimum atomic E-state index is -0.343. The van der Waals surface area contributed by atoms with Crippen molar-refractivity contribution in [2.75, 3.05) is 17.2 Å². The summed E-state index contributed by atoms with van der Waals surface area (Å²) in [5.41, 5.74) is 2.15. The van der Waals surface area contributed by atoms with Crippen LogP contribution in [0.5, 0.6) is 5.75 Å². The molecule has 3 aromatic rings. The molecule has 0 unspecified atom stereocenters. The number of nitrogens with zero attached hydrogens (tertiary/aromatic N) is 3. The molecule has 0 saturated carbocycles. The fourth-order valence-electron chi connectivity index (χ4n) is 2.30. The van der Waals surface area contributed by atoms with Crippen LogP contribution < -0.4 is 15.4 Å². The van der Waals surface area contributed by atoms with Crippen LogP contribution in [0.15, 0.2) is 60.8 Å². The lowest BCUT2D eigenvalue weighted by Gasteiger charge is -2.08. The minimum absolute atomic E-state index is 0.232. The van der Waals surface area contributed by atoms with Gasteiger partial charge < -0.3 is 15.4 Å². The Labute approximate surface area is 156 Å². The summed E-state index contributed by atoms with van der Waals surface area (Å²) in [6.45, 7) is 2.50. The van der Waals surface area contributed by atoms with E-state index in [0.29, 0.717) is 23.8 Å². The number of carbonyl (C=O) groups is 1. The molecule has 0 aliphatic heterocycles. The summed E-state index contributed by atoms with van der Waals surface area (Å²) in [5.74, 6) is 0.690. The number of benzene rings is 2. The van der Waals surface area contributed by atoms with Crippen LogP contribution in [-0.2, 0) is 0 Å². The van der Waals surface area contributed by atoms with Crippen molar-refractivity contribution in [1.29, 1.82) is 5.26 Å². The first-order valence-corrected chi connectivity index (χ1v) is 8.32. The van der Waals surface area contributed by atoms with Gasteiger partial charge in [0.25, 0.3) is 5.91 Å². The van der Waals surface area contributed by atoms with E-state index in [1.54, 1.807) is 48.5 Å². The molecular weight excluding hydrogens is 342 g/mol. The van der Waals surface area contributed by atoms with Crippen LogP contribution >= 0.6 is 0 Å². The molecule has 2 N–H and O–H groups in total. The molecule has 1 amide bonds. The molecule has 27 heavy (non-hydrogen) atoms. The normalized spacial score (nSPS) is 9.93. The van der Waals surface area contributed by atoms with Gasteiger partial charge in [0.1, 0.15) is 11.4 Å². The van der Waals surface area contributed by atoms with E-state index in [-0.39, 0.29) is 11.6 Å². The van der Waals surface area contributed by atoms with E-state index >= 15 is 0 Å². The number of hydrogen-bond acceptors (Lipinski definition) is 6. The van der Waals surface area contributed by atoms with Gasteiger partial charge in [-0.2, -0.15) is 5.26 Å². The molecule has 0 aliphatic carbocycles. The van der Waals surface area contributed by atoms with Crippen LogP contribution in [0.2, 0.25) is 0 Å². The third-order valence-corrected chi connectivity index (χ3v) is 3.58. The Morgan fingerprint density at radius 2 is 1.78 bits per heavy atom. The second-order valence-corrected chi connectivity index (χ2v) is 5.49. The number of nitrogens with one attached hydrogen (secondary N) is 2. The molecule has 7 nitrogen and oxygen atoms in total. The molecule has 0 bridgehead atoms. The van der Waals surface area contributed by atoms with Crippen LogP contribution in [-0.4, -0.2) is 22.5 Å². The fraction of sp³-hybridized carbons (Fsp3) is 0.100. The van der Waals surface area contributed by atoms with Gasteiger partial charge >= 0.3 is 0 Å². The van der Waals surface area contributed by atoms with Crippen LogP contribution in [0.25, 0.3) is 0 Å². The first kappa shape index (κ1) is 17.9. The van der Waals surface area contributed by atoms with Crippen molar-refractivity contribution in [3.05, 3.63) is 72.1 Å². The average molecular weight is 359 g/mol. The Morgan fingerprint density at radius 1 is 1.07 bits per heavy atom. The summed E-state index contributed by atoms with van der Waals surface area (Å²) in [5, 5.41) is 14.6. The second kappa shape index (κ2) is 8.45. The van der Waals surface area contributed by atoms with E-state index in [1.165, 1.54) is 12.3 Å². The van der Waals surface area contributed by atoms with Crippen molar-refractivity contribution >= 4 is 23.2 Å². The highest BCUT2D eigenvalue weighted by Gasteiger charge is 2.10. The molecule has 0 fully saturated rings. The van der Waals surface area contributed by atoms with Gasteiger partial charge in [-0.1, -0.05) is 0 Å². The highest BCUT2D eigenvalue weighted by molar-refractivity contribution is 6.03. The van der Waals surface area contributed by atoms with Crippen molar-refractivity contribution < 1.29 is 9.53 Å². The maximum absolute atomic E-state index is 12.4. The maximum Gasteiger partial charge on any atom is 0.274 e. The molecule has 0 atom stereocenters. The molecule has 1 aromatic heterocycles. The van der Waals surface area contributed by atoms with E-state index < -0.39 is 0 Å². The Balaban J connectivity index is 1.68. The quantitative estimate of drug-likeness (QED) is 0.695. The third kappa shape index (κ3) is 4.80. The van der Waals surface area contributed by atoms with Crippen LogP contribution in [0, 0.1) is 11.3 Å². The Kier molecular flexibility index (Phi) is 5.60. The summed E-state index contributed by atoms with van der Waals surface area (Å²) in [7, 11) is 0. The minimum Gasteiger partial charge on any atom is -0.494 e. The SMILES string of the molecule is CCOc1ccc(NC(=O)c2ccnc(Nc3ccc(C#N)cc3)n2)cc1. The zero-order chi connectivity index (χ0) is 19.1. The van der Waals surface area contributed by atoms with Crippen LogP contribution in [0.3, 0.4) is 0 Å². The van der Waals surface area contributed by atoms with Crippen molar-refractivity contribution in [1.82, 2.24) is 9.97 Å². The Bertz CT molecular complexity index is 963. The Hall–Kier alpha value is -3.92. The lowest BCUT2D eigenvalue weighted by atomic mass is 10.2. The molecule has 0 spiro atoms. The predicted octanol–water partition coefficient (Wildman–Crippen LogP) is 3.74. The van der Waals surface area contributed by atoms with Crippen LogP contribution in [0.4, 0.5) is 17.3 Å². The van der Waals surface area contributed by atoms with Gasteiger partial charge in [0, 0.05) is 17.6 Å². The summed E-state index contributed by atoms with van der Waals surface area (Å²) in [6, 6.07) is 17.6. The van der Waals surface area contributed by atoms with Gasteiger partial charge in [0.15, 0.2) is 0 Å². The summed E-state index contributed by atoms with van der Waals surface area (Å²) in [4.78, 5) is 20.8. The van der Waals surface area contributed by atoms with Crippen molar-refractivity contribution in [3.8, 4) is 11.8 Å². The molecule has 7 heteroatoms. The maximum atomic E-state index is 12.4. The third-order valence-electron chi connectivity index (χ3n) is 3.58.